The maximum atomic E-state index is 12.1. The molecule has 0 aliphatic carbocycles. The fraction of sp³-hybridized carbons (Fsp3) is 1.00. The van der Waals surface area contributed by atoms with E-state index in [0.717, 1.165) is 0 Å². The summed E-state index contributed by atoms with van der Waals surface area (Å²) in [6.07, 6.45) is -2.69. The van der Waals surface area contributed by atoms with Crippen molar-refractivity contribution in [2.45, 2.75) is 18.3 Å². The number of hydrogen-bond acceptors (Lipinski definition) is 3. The third-order valence-electron chi connectivity index (χ3n) is 0.852. The van der Waals surface area contributed by atoms with Gasteiger partial charge in [-0.1, -0.05) is 0 Å². The number of halogens is 2. The van der Waals surface area contributed by atoms with Crippen molar-refractivity contribution < 1.29 is 26.9 Å². The molecule has 0 rings (SSSR count). The fourth-order valence-corrected chi connectivity index (χ4v) is 0.616. The Morgan fingerprint density at radius 1 is 1.60 bits per heavy atom. The quantitative estimate of drug-likeness (QED) is 0.573. The Morgan fingerprint density at radius 2 is 1.90 bits per heavy atom. The number of hydrogen-bond donors (Lipinski definition) is 2. The van der Waals surface area contributed by atoms with Crippen LogP contribution in [0.3, 0.4) is 0 Å². The molecule has 62 valence electrons. The van der Waals surface area contributed by atoms with Gasteiger partial charge in [0.15, 0.2) is 6.17 Å². The Bertz CT molecular complexity index is 207. The first-order valence-corrected chi connectivity index (χ1v) is 3.66. The molecular weight excluding hydrogens is 170 g/mol. The second-order valence-electron chi connectivity index (χ2n) is 1.70. The van der Waals surface area contributed by atoms with Gasteiger partial charge in [0, 0.05) is 0 Å². The monoisotopic (exact) mass is 176 g/mol. The zero-order chi connectivity index (χ0) is 8.58. The maximum absolute atomic E-state index is 12.1. The molecule has 2 atom stereocenters. The molecule has 0 heterocycles. The number of rotatable bonds is 2. The normalized spacial score (nSPS) is 21.7. The molecule has 0 aromatic rings. The average Bonchev–Trinajstić information content (AvgIpc) is 1.62. The molecule has 0 aromatic heterocycles. The lowest BCUT2D eigenvalue weighted by Crippen LogP contribution is -2.41. The summed E-state index contributed by atoms with van der Waals surface area (Å²) in [5.74, 6) is 0. The minimum atomic E-state index is -5.39. The lowest BCUT2D eigenvalue weighted by Gasteiger charge is -2.15. The van der Waals surface area contributed by atoms with Crippen LogP contribution >= 0.6 is 0 Å². The van der Waals surface area contributed by atoms with Crippen LogP contribution in [0.2, 0.25) is 0 Å². The van der Waals surface area contributed by atoms with Crippen molar-refractivity contribution in [2.24, 2.45) is 0 Å². The Hall–Kier alpha value is -0.270. The molecule has 0 saturated carbocycles. The summed E-state index contributed by atoms with van der Waals surface area (Å²) in [5, 5.41) is 3.85. The van der Waals surface area contributed by atoms with E-state index in [1.54, 1.807) is 0 Å². The molecule has 0 fully saturated rings. The first-order valence-electron chi connectivity index (χ1n) is 2.22. The van der Waals surface area contributed by atoms with Crippen molar-refractivity contribution in [1.29, 1.82) is 0 Å². The molecular formula is C3H6F2O4S. The SMILES string of the molecule is CC(F)C(O)(F)S(=O)(=O)O. The van der Waals surface area contributed by atoms with Crippen LogP contribution in [0.1, 0.15) is 6.92 Å². The van der Waals surface area contributed by atoms with Gasteiger partial charge in [0.2, 0.25) is 0 Å². The molecule has 2 unspecified atom stereocenters. The van der Waals surface area contributed by atoms with Crippen molar-refractivity contribution >= 4 is 10.1 Å². The van der Waals surface area contributed by atoms with E-state index >= 15 is 0 Å². The van der Waals surface area contributed by atoms with E-state index in [0.29, 0.717) is 6.92 Å². The van der Waals surface area contributed by atoms with Gasteiger partial charge in [0.05, 0.1) is 0 Å². The predicted octanol–water partition coefficient (Wildman–Crippen LogP) is -0.152. The smallest absolute Gasteiger partial charge is 0.346 e. The molecule has 2 N–H and O–H groups in total. The molecule has 0 saturated heterocycles. The van der Waals surface area contributed by atoms with Gasteiger partial charge >= 0.3 is 15.3 Å². The van der Waals surface area contributed by atoms with E-state index in [1.807, 2.05) is 0 Å². The van der Waals surface area contributed by atoms with Crippen molar-refractivity contribution in [3.8, 4) is 0 Å². The summed E-state index contributed by atoms with van der Waals surface area (Å²) in [4.78, 5) is 0. The van der Waals surface area contributed by atoms with Gasteiger partial charge in [-0.05, 0) is 6.92 Å². The average molecular weight is 176 g/mol. The third-order valence-corrected chi connectivity index (χ3v) is 1.90. The lowest BCUT2D eigenvalue weighted by atomic mass is 10.4. The highest BCUT2D eigenvalue weighted by Crippen LogP contribution is 2.21. The molecule has 10 heavy (non-hydrogen) atoms. The van der Waals surface area contributed by atoms with Crippen molar-refractivity contribution in [2.75, 3.05) is 0 Å². The Balaban J connectivity index is 4.76. The molecule has 4 nitrogen and oxygen atoms in total. The fourth-order valence-electron chi connectivity index (χ4n) is 0.205. The van der Waals surface area contributed by atoms with Crippen LogP contribution in [0.4, 0.5) is 8.78 Å². The summed E-state index contributed by atoms with van der Waals surface area (Å²) in [6.45, 7) is 0.466. The summed E-state index contributed by atoms with van der Waals surface area (Å²) in [5.41, 5.74) is 0. The van der Waals surface area contributed by atoms with E-state index in [1.165, 1.54) is 0 Å². The Kier molecular flexibility index (Phi) is 2.34. The third kappa shape index (κ3) is 1.61. The summed E-state index contributed by atoms with van der Waals surface area (Å²) in [6, 6.07) is 0. The van der Waals surface area contributed by atoms with Gasteiger partial charge < -0.3 is 5.11 Å². The van der Waals surface area contributed by atoms with E-state index in [-0.39, 0.29) is 0 Å². The van der Waals surface area contributed by atoms with Crippen LogP contribution < -0.4 is 0 Å². The second-order valence-corrected chi connectivity index (χ2v) is 3.22. The standard InChI is InChI=1S/C3H6F2O4S/c1-2(4)3(5,6)10(7,8)9/h2,6H,1H3,(H,7,8,9). The van der Waals surface area contributed by atoms with Crippen LogP contribution in [-0.2, 0) is 10.1 Å². The first kappa shape index (κ1) is 9.73. The summed E-state index contributed by atoms with van der Waals surface area (Å²) < 4.78 is 51.3. The number of aliphatic hydroxyl groups is 1. The maximum Gasteiger partial charge on any atom is 0.364 e. The largest absolute Gasteiger partial charge is 0.364 e. The molecule has 0 bridgehead atoms. The zero-order valence-electron chi connectivity index (χ0n) is 4.95. The highest BCUT2D eigenvalue weighted by molar-refractivity contribution is 7.86. The highest BCUT2D eigenvalue weighted by Gasteiger charge is 2.47. The second kappa shape index (κ2) is 2.40. The summed E-state index contributed by atoms with van der Waals surface area (Å²) in [7, 11) is -5.39. The van der Waals surface area contributed by atoms with Crippen molar-refractivity contribution in [3.05, 3.63) is 0 Å². The molecule has 0 aromatic carbocycles. The van der Waals surface area contributed by atoms with Gasteiger partial charge in [-0.2, -0.15) is 12.8 Å². The number of alkyl halides is 2. The first-order chi connectivity index (χ1) is 4.19. The van der Waals surface area contributed by atoms with Gasteiger partial charge in [0.25, 0.3) is 0 Å². The molecule has 0 spiro atoms. The van der Waals surface area contributed by atoms with Crippen LogP contribution in [-0.4, -0.2) is 29.4 Å². The van der Waals surface area contributed by atoms with Gasteiger partial charge in [0.1, 0.15) is 0 Å². The zero-order valence-corrected chi connectivity index (χ0v) is 5.77. The molecule has 7 heteroatoms. The van der Waals surface area contributed by atoms with Gasteiger partial charge in [-0.3, -0.25) is 4.55 Å². The molecule has 0 radical (unpaired) electrons. The molecule has 0 aliphatic heterocycles. The molecule has 0 aliphatic rings. The Morgan fingerprint density at radius 3 is 1.90 bits per heavy atom. The van der Waals surface area contributed by atoms with E-state index in [4.69, 9.17) is 9.66 Å². The van der Waals surface area contributed by atoms with Crippen LogP contribution in [0, 0.1) is 0 Å². The van der Waals surface area contributed by atoms with Crippen LogP contribution in [0.15, 0.2) is 0 Å². The molecule has 0 amide bonds. The Labute approximate surface area is 56.2 Å². The van der Waals surface area contributed by atoms with Crippen molar-refractivity contribution in [3.63, 3.8) is 0 Å². The van der Waals surface area contributed by atoms with Crippen LogP contribution in [0.25, 0.3) is 0 Å². The van der Waals surface area contributed by atoms with Crippen LogP contribution in [0.5, 0.6) is 0 Å². The topological polar surface area (TPSA) is 74.6 Å². The van der Waals surface area contributed by atoms with E-state index < -0.39 is 21.5 Å². The van der Waals surface area contributed by atoms with Gasteiger partial charge in [-0.15, -0.1) is 0 Å². The highest BCUT2D eigenvalue weighted by atomic mass is 32.2. The minimum absolute atomic E-state index is 0.466. The minimum Gasteiger partial charge on any atom is -0.346 e. The summed E-state index contributed by atoms with van der Waals surface area (Å²) >= 11 is 0. The van der Waals surface area contributed by atoms with E-state index in [9.17, 15) is 17.2 Å². The van der Waals surface area contributed by atoms with E-state index in [2.05, 4.69) is 0 Å². The van der Waals surface area contributed by atoms with Gasteiger partial charge in [-0.25, -0.2) is 4.39 Å². The lowest BCUT2D eigenvalue weighted by molar-refractivity contribution is -0.0694. The predicted molar refractivity (Wildman–Crippen MR) is 28.2 cm³/mol. The van der Waals surface area contributed by atoms with Crippen molar-refractivity contribution in [1.82, 2.24) is 0 Å².